The van der Waals surface area contributed by atoms with Crippen LogP contribution in [0, 0.1) is 5.41 Å². The Hall–Kier alpha value is -3.37. The van der Waals surface area contributed by atoms with Crippen molar-refractivity contribution in [1.82, 2.24) is 15.5 Å². The average Bonchev–Trinajstić information content (AvgIpc) is 3.12. The third-order valence-corrected chi connectivity index (χ3v) is 5.77. The minimum absolute atomic E-state index is 0.00341. The summed E-state index contributed by atoms with van der Waals surface area (Å²) in [6.45, 7) is 4.15. The second kappa shape index (κ2) is 11.2. The summed E-state index contributed by atoms with van der Waals surface area (Å²) in [4.78, 5) is 38.8. The summed E-state index contributed by atoms with van der Waals surface area (Å²) >= 11 is 6.48. The monoisotopic (exact) mass is 490 g/mol. The third-order valence-electron chi connectivity index (χ3n) is 5.42. The van der Waals surface area contributed by atoms with Crippen molar-refractivity contribution in [1.29, 1.82) is 5.41 Å². The van der Waals surface area contributed by atoms with Gasteiger partial charge in [0.2, 0.25) is 5.91 Å². The molecule has 0 bridgehead atoms. The molecule has 10 nitrogen and oxygen atoms in total. The number of benzene rings is 1. The molecule has 2 aliphatic rings. The summed E-state index contributed by atoms with van der Waals surface area (Å²) in [5, 5.41) is 13.6. The van der Waals surface area contributed by atoms with E-state index in [1.54, 1.807) is 43.0 Å². The number of nitrogens with one attached hydrogen (secondary N) is 3. The number of dihydropyridines is 1. The zero-order chi connectivity index (χ0) is 24.8. The topological polar surface area (TPSA) is 130 Å². The molecule has 34 heavy (non-hydrogen) atoms. The van der Waals surface area contributed by atoms with Crippen molar-refractivity contribution in [3.63, 3.8) is 0 Å². The van der Waals surface area contributed by atoms with Crippen LogP contribution in [0.4, 0.5) is 0 Å². The molecule has 11 heteroatoms. The summed E-state index contributed by atoms with van der Waals surface area (Å²) in [6.07, 6.45) is 0. The predicted octanol–water partition coefficient (Wildman–Crippen LogP) is 1.67. The van der Waals surface area contributed by atoms with Crippen LogP contribution < -0.4 is 10.6 Å². The normalized spacial score (nSPS) is 18.1. The number of nitrogens with zero attached hydrogens (tertiary/aromatic N) is 1. The van der Waals surface area contributed by atoms with E-state index in [2.05, 4.69) is 10.6 Å². The van der Waals surface area contributed by atoms with Gasteiger partial charge in [0, 0.05) is 17.3 Å². The number of ether oxygens (including phenoxy) is 3. The quantitative estimate of drug-likeness (QED) is 0.352. The molecule has 1 saturated heterocycles. The van der Waals surface area contributed by atoms with Crippen molar-refractivity contribution in [3.05, 3.63) is 57.4 Å². The Balaban J connectivity index is 1.93. The highest BCUT2D eigenvalue weighted by Crippen LogP contribution is 2.41. The highest BCUT2D eigenvalue weighted by atomic mass is 35.5. The maximum Gasteiger partial charge on any atom is 0.336 e. The number of hydrogen-bond donors (Lipinski definition) is 3. The van der Waals surface area contributed by atoms with Gasteiger partial charge in [-0.2, -0.15) is 0 Å². The highest BCUT2D eigenvalue weighted by Gasteiger charge is 2.39. The van der Waals surface area contributed by atoms with E-state index >= 15 is 0 Å². The van der Waals surface area contributed by atoms with E-state index in [4.69, 9.17) is 31.2 Å². The van der Waals surface area contributed by atoms with Crippen LogP contribution in [0.2, 0.25) is 5.02 Å². The second-order valence-electron chi connectivity index (χ2n) is 7.59. The molecule has 0 spiro atoms. The molecular formula is C23H27ClN4O6. The molecule has 0 saturated carbocycles. The minimum Gasteiger partial charge on any atom is -0.466 e. The third kappa shape index (κ3) is 5.40. The molecule has 3 rings (SSSR count). The molecule has 1 aromatic carbocycles. The highest BCUT2D eigenvalue weighted by molar-refractivity contribution is 6.31. The second-order valence-corrected chi connectivity index (χ2v) is 8.00. The Kier molecular flexibility index (Phi) is 8.30. The van der Waals surface area contributed by atoms with Crippen molar-refractivity contribution in [2.45, 2.75) is 19.8 Å². The number of hydrogen-bond acceptors (Lipinski definition) is 8. The van der Waals surface area contributed by atoms with Gasteiger partial charge in [-0.1, -0.05) is 29.8 Å². The van der Waals surface area contributed by atoms with Crippen LogP contribution in [0.3, 0.4) is 0 Å². The molecule has 1 aromatic rings. The largest absolute Gasteiger partial charge is 0.466 e. The summed E-state index contributed by atoms with van der Waals surface area (Å²) < 4.78 is 16.1. The van der Waals surface area contributed by atoms with Gasteiger partial charge in [-0.05, 0) is 25.5 Å². The number of allylic oxidation sites excluding steroid dienone is 1. The Bertz CT molecular complexity index is 1070. The van der Waals surface area contributed by atoms with Crippen LogP contribution in [0.5, 0.6) is 0 Å². The van der Waals surface area contributed by atoms with Crippen LogP contribution in [0.25, 0.3) is 0 Å². The van der Waals surface area contributed by atoms with Gasteiger partial charge >= 0.3 is 11.9 Å². The lowest BCUT2D eigenvalue weighted by Gasteiger charge is -2.31. The fraction of sp³-hybridized carbons (Fsp3) is 0.391. The first-order valence-corrected chi connectivity index (χ1v) is 11.1. The first-order chi connectivity index (χ1) is 16.3. The molecule has 1 atom stereocenters. The SMILES string of the molecule is CCOC(=O)C1=C(COCCN2CC(=O)NC2=N)NC(C)=C(C(=O)OC)C1c1ccccc1Cl. The van der Waals surface area contributed by atoms with Crippen molar-refractivity contribution < 1.29 is 28.6 Å². The number of amides is 1. The maximum absolute atomic E-state index is 13.1. The number of carbonyl (C=O) groups is 3. The minimum atomic E-state index is -0.825. The van der Waals surface area contributed by atoms with Crippen molar-refractivity contribution >= 4 is 35.4 Å². The van der Waals surface area contributed by atoms with Gasteiger partial charge in [-0.15, -0.1) is 0 Å². The molecule has 1 fully saturated rings. The first-order valence-electron chi connectivity index (χ1n) is 10.7. The molecule has 2 heterocycles. The molecule has 2 aliphatic heterocycles. The van der Waals surface area contributed by atoms with Gasteiger partial charge in [-0.3, -0.25) is 15.5 Å². The Morgan fingerprint density at radius 3 is 2.56 bits per heavy atom. The van der Waals surface area contributed by atoms with E-state index < -0.39 is 17.9 Å². The fourth-order valence-electron chi connectivity index (χ4n) is 3.90. The summed E-state index contributed by atoms with van der Waals surface area (Å²) in [5.74, 6) is -2.25. The van der Waals surface area contributed by atoms with Crippen LogP contribution in [0.1, 0.15) is 25.3 Å². The van der Waals surface area contributed by atoms with E-state index in [1.807, 2.05) is 0 Å². The van der Waals surface area contributed by atoms with E-state index in [0.29, 0.717) is 28.5 Å². The van der Waals surface area contributed by atoms with Crippen LogP contribution in [-0.2, 0) is 28.6 Å². The van der Waals surface area contributed by atoms with Gasteiger partial charge in [0.1, 0.15) is 6.54 Å². The van der Waals surface area contributed by atoms with Crippen molar-refractivity contribution in [2.24, 2.45) is 0 Å². The van der Waals surface area contributed by atoms with E-state index in [9.17, 15) is 14.4 Å². The van der Waals surface area contributed by atoms with Gasteiger partial charge in [-0.25, -0.2) is 9.59 Å². The maximum atomic E-state index is 13.1. The van der Waals surface area contributed by atoms with Crippen LogP contribution >= 0.6 is 11.6 Å². The molecular weight excluding hydrogens is 464 g/mol. The average molecular weight is 491 g/mol. The van der Waals surface area contributed by atoms with E-state index in [0.717, 1.165) is 0 Å². The molecule has 1 unspecified atom stereocenters. The van der Waals surface area contributed by atoms with E-state index in [-0.39, 0.29) is 49.4 Å². The standard InChI is InChI=1S/C23H27ClN4O6/c1-4-34-22(31)20-16(12-33-10-9-28-11-17(29)27-23(28)25)26-13(2)18(21(30)32-3)19(20)14-7-5-6-8-15(14)24/h5-8,19,26H,4,9-12H2,1-3H3,(H2,25,27,29). The number of methoxy groups -OCH3 is 1. The lowest BCUT2D eigenvalue weighted by molar-refractivity contribution is -0.139. The smallest absolute Gasteiger partial charge is 0.336 e. The zero-order valence-corrected chi connectivity index (χ0v) is 20.0. The summed E-state index contributed by atoms with van der Waals surface area (Å²) in [6, 6.07) is 6.96. The molecule has 182 valence electrons. The molecule has 0 radical (unpaired) electrons. The summed E-state index contributed by atoms with van der Waals surface area (Å²) in [5.41, 5.74) is 1.93. The van der Waals surface area contributed by atoms with E-state index in [1.165, 1.54) is 7.11 Å². The fourth-order valence-corrected chi connectivity index (χ4v) is 4.15. The lowest BCUT2D eigenvalue weighted by atomic mass is 9.80. The van der Waals surface area contributed by atoms with Gasteiger partial charge in [0.25, 0.3) is 0 Å². The Morgan fingerprint density at radius 1 is 1.21 bits per heavy atom. The predicted molar refractivity (Wildman–Crippen MR) is 124 cm³/mol. The number of guanidine groups is 1. The molecule has 1 amide bonds. The number of esters is 2. The van der Waals surface area contributed by atoms with Crippen LogP contribution in [-0.4, -0.2) is 68.7 Å². The van der Waals surface area contributed by atoms with Gasteiger partial charge in [0.15, 0.2) is 5.96 Å². The molecule has 0 aromatic heterocycles. The van der Waals surface area contributed by atoms with Crippen molar-refractivity contribution in [3.8, 4) is 0 Å². The Morgan fingerprint density at radius 2 is 1.94 bits per heavy atom. The van der Waals surface area contributed by atoms with Crippen LogP contribution in [0.15, 0.2) is 46.8 Å². The number of rotatable bonds is 9. The molecule has 3 N–H and O–H groups in total. The number of halogens is 1. The number of carbonyl (C=O) groups excluding carboxylic acids is 3. The zero-order valence-electron chi connectivity index (χ0n) is 19.2. The molecule has 0 aliphatic carbocycles. The first kappa shape index (κ1) is 25.3. The van der Waals surface area contributed by atoms with Crippen molar-refractivity contribution in [2.75, 3.05) is 40.0 Å². The van der Waals surface area contributed by atoms with Gasteiger partial charge < -0.3 is 24.4 Å². The summed E-state index contributed by atoms with van der Waals surface area (Å²) in [7, 11) is 1.27. The lowest BCUT2D eigenvalue weighted by Crippen LogP contribution is -2.35. The Labute approximate surface area is 202 Å². The van der Waals surface area contributed by atoms with Gasteiger partial charge in [0.05, 0.1) is 49.7 Å².